The van der Waals surface area contributed by atoms with Crippen molar-refractivity contribution in [3.05, 3.63) is 29.8 Å². The molecule has 0 saturated carbocycles. The summed E-state index contributed by atoms with van der Waals surface area (Å²) < 4.78 is 0. The van der Waals surface area contributed by atoms with Crippen molar-refractivity contribution in [2.24, 2.45) is 5.73 Å². The lowest BCUT2D eigenvalue weighted by Crippen LogP contribution is -2.35. The van der Waals surface area contributed by atoms with Gasteiger partial charge in [0.15, 0.2) is 0 Å². The van der Waals surface area contributed by atoms with Crippen molar-refractivity contribution in [2.75, 3.05) is 31.1 Å². The van der Waals surface area contributed by atoms with E-state index in [9.17, 15) is 4.79 Å². The summed E-state index contributed by atoms with van der Waals surface area (Å²) in [5.74, 6) is 0.0887. The highest BCUT2D eigenvalue weighted by Gasteiger charge is 2.05. The first-order chi connectivity index (χ1) is 9.17. The molecule has 1 amide bonds. The van der Waals surface area contributed by atoms with Crippen LogP contribution >= 0.6 is 0 Å². The van der Waals surface area contributed by atoms with Gasteiger partial charge in [0.25, 0.3) is 0 Å². The zero-order chi connectivity index (χ0) is 14.1. The Morgan fingerprint density at radius 1 is 1.42 bits per heavy atom. The van der Waals surface area contributed by atoms with E-state index >= 15 is 0 Å². The maximum absolute atomic E-state index is 11.5. The van der Waals surface area contributed by atoms with Gasteiger partial charge in [0, 0.05) is 31.7 Å². The van der Waals surface area contributed by atoms with E-state index in [2.05, 4.69) is 48.3 Å². The Hall–Kier alpha value is -1.55. The van der Waals surface area contributed by atoms with Crippen LogP contribution in [0.5, 0.6) is 0 Å². The number of aryl methyl sites for hydroxylation is 1. The number of nitrogens with two attached hydrogens (primary N) is 1. The molecule has 0 saturated heterocycles. The van der Waals surface area contributed by atoms with Gasteiger partial charge in [-0.2, -0.15) is 0 Å². The predicted molar refractivity (Wildman–Crippen MR) is 80.4 cm³/mol. The molecular weight excluding hydrogens is 238 g/mol. The Morgan fingerprint density at radius 2 is 2.21 bits per heavy atom. The summed E-state index contributed by atoms with van der Waals surface area (Å²) in [6, 6.07) is 8.42. The van der Waals surface area contributed by atoms with Crippen molar-refractivity contribution in [2.45, 2.75) is 26.7 Å². The number of carbonyl (C=O) groups is 1. The van der Waals surface area contributed by atoms with Crippen LogP contribution in [0.25, 0.3) is 0 Å². The summed E-state index contributed by atoms with van der Waals surface area (Å²) in [6.45, 7) is 7.21. The highest BCUT2D eigenvalue weighted by molar-refractivity contribution is 5.75. The van der Waals surface area contributed by atoms with E-state index in [0.29, 0.717) is 19.5 Å². The summed E-state index contributed by atoms with van der Waals surface area (Å²) in [6.07, 6.45) is 1.27. The van der Waals surface area contributed by atoms with Gasteiger partial charge in [-0.05, 0) is 44.5 Å². The largest absolute Gasteiger partial charge is 0.370 e. The minimum Gasteiger partial charge on any atom is -0.370 e. The first-order valence-electron chi connectivity index (χ1n) is 6.95. The maximum atomic E-state index is 11.5. The van der Waals surface area contributed by atoms with Crippen molar-refractivity contribution in [1.29, 1.82) is 0 Å². The average molecular weight is 263 g/mol. The highest BCUT2D eigenvalue weighted by atomic mass is 16.1. The normalized spacial score (nSPS) is 10.3. The Kier molecular flexibility index (Phi) is 6.97. The third kappa shape index (κ3) is 5.75. The number of rotatable bonds is 8. The van der Waals surface area contributed by atoms with E-state index in [0.717, 1.165) is 19.5 Å². The SMILES string of the molecule is CCN(CCNC(=O)CCCN)c1cccc(C)c1. The number of amides is 1. The van der Waals surface area contributed by atoms with Crippen LogP contribution in [0.15, 0.2) is 24.3 Å². The molecule has 4 nitrogen and oxygen atoms in total. The van der Waals surface area contributed by atoms with Crippen LogP contribution < -0.4 is 16.0 Å². The Labute approximate surface area is 116 Å². The van der Waals surface area contributed by atoms with Gasteiger partial charge in [0.05, 0.1) is 0 Å². The number of nitrogens with one attached hydrogen (secondary N) is 1. The van der Waals surface area contributed by atoms with Crippen molar-refractivity contribution < 1.29 is 4.79 Å². The van der Waals surface area contributed by atoms with E-state index in [1.54, 1.807) is 0 Å². The monoisotopic (exact) mass is 263 g/mol. The molecule has 0 bridgehead atoms. The summed E-state index contributed by atoms with van der Waals surface area (Å²) >= 11 is 0. The second-order valence-corrected chi connectivity index (χ2v) is 4.66. The lowest BCUT2D eigenvalue weighted by molar-refractivity contribution is -0.121. The van der Waals surface area contributed by atoms with E-state index < -0.39 is 0 Å². The number of benzene rings is 1. The number of anilines is 1. The molecule has 1 rings (SSSR count). The van der Waals surface area contributed by atoms with Crippen LogP contribution in [0.1, 0.15) is 25.3 Å². The molecule has 0 atom stereocenters. The topological polar surface area (TPSA) is 58.4 Å². The molecule has 0 spiro atoms. The summed E-state index contributed by atoms with van der Waals surface area (Å²) in [4.78, 5) is 13.7. The minimum atomic E-state index is 0.0887. The summed E-state index contributed by atoms with van der Waals surface area (Å²) in [5, 5.41) is 2.93. The fourth-order valence-corrected chi connectivity index (χ4v) is 1.98. The Bertz CT molecular complexity index is 393. The highest BCUT2D eigenvalue weighted by Crippen LogP contribution is 2.14. The first-order valence-corrected chi connectivity index (χ1v) is 6.95. The van der Waals surface area contributed by atoms with E-state index in [4.69, 9.17) is 5.73 Å². The fraction of sp³-hybridized carbons (Fsp3) is 0.533. The number of carbonyl (C=O) groups excluding carboxylic acids is 1. The molecule has 0 unspecified atom stereocenters. The molecule has 0 aromatic heterocycles. The van der Waals surface area contributed by atoms with E-state index in [-0.39, 0.29) is 5.91 Å². The van der Waals surface area contributed by atoms with Crippen LogP contribution in [0.3, 0.4) is 0 Å². The van der Waals surface area contributed by atoms with Gasteiger partial charge in [-0.1, -0.05) is 12.1 Å². The van der Waals surface area contributed by atoms with Crippen LogP contribution in [-0.2, 0) is 4.79 Å². The van der Waals surface area contributed by atoms with Gasteiger partial charge >= 0.3 is 0 Å². The third-order valence-corrected chi connectivity index (χ3v) is 3.06. The summed E-state index contributed by atoms with van der Waals surface area (Å²) in [7, 11) is 0. The number of likely N-dealkylation sites (N-methyl/N-ethyl adjacent to an activating group) is 1. The maximum Gasteiger partial charge on any atom is 0.220 e. The molecule has 106 valence electrons. The van der Waals surface area contributed by atoms with Gasteiger partial charge in [-0.25, -0.2) is 0 Å². The van der Waals surface area contributed by atoms with Crippen LogP contribution in [0, 0.1) is 6.92 Å². The Morgan fingerprint density at radius 3 is 2.84 bits per heavy atom. The van der Waals surface area contributed by atoms with Crippen molar-refractivity contribution in [3.8, 4) is 0 Å². The molecular formula is C15H25N3O. The lowest BCUT2D eigenvalue weighted by atomic mass is 10.2. The van der Waals surface area contributed by atoms with Gasteiger partial charge in [-0.15, -0.1) is 0 Å². The van der Waals surface area contributed by atoms with Crippen molar-refractivity contribution >= 4 is 11.6 Å². The number of hydrogen-bond donors (Lipinski definition) is 2. The molecule has 0 aliphatic carbocycles. The van der Waals surface area contributed by atoms with Crippen molar-refractivity contribution in [1.82, 2.24) is 5.32 Å². The molecule has 0 aliphatic heterocycles. The molecule has 1 aromatic rings. The van der Waals surface area contributed by atoms with Crippen LogP contribution in [-0.4, -0.2) is 32.1 Å². The van der Waals surface area contributed by atoms with Gasteiger partial charge in [0.2, 0.25) is 5.91 Å². The molecule has 0 radical (unpaired) electrons. The Balaban J connectivity index is 2.39. The molecule has 0 fully saturated rings. The molecule has 4 heteroatoms. The quantitative estimate of drug-likeness (QED) is 0.750. The molecule has 0 heterocycles. The third-order valence-electron chi connectivity index (χ3n) is 3.06. The van der Waals surface area contributed by atoms with Gasteiger partial charge < -0.3 is 16.0 Å². The predicted octanol–water partition coefficient (Wildman–Crippen LogP) is 1.68. The number of nitrogens with zero attached hydrogens (tertiary/aromatic N) is 1. The second kappa shape index (κ2) is 8.53. The van der Waals surface area contributed by atoms with Gasteiger partial charge in [0.1, 0.15) is 0 Å². The lowest BCUT2D eigenvalue weighted by Gasteiger charge is -2.23. The zero-order valence-corrected chi connectivity index (χ0v) is 12.0. The van der Waals surface area contributed by atoms with E-state index in [1.165, 1.54) is 11.3 Å². The second-order valence-electron chi connectivity index (χ2n) is 4.66. The first kappa shape index (κ1) is 15.5. The molecule has 0 aliphatic rings. The van der Waals surface area contributed by atoms with Crippen LogP contribution in [0.2, 0.25) is 0 Å². The summed E-state index contributed by atoms with van der Waals surface area (Å²) in [5.41, 5.74) is 7.84. The standard InChI is InChI=1S/C15H25N3O/c1-3-18(14-7-4-6-13(2)12-14)11-10-17-15(19)8-5-9-16/h4,6-7,12H,3,5,8-11,16H2,1-2H3,(H,17,19). The van der Waals surface area contributed by atoms with Crippen molar-refractivity contribution in [3.63, 3.8) is 0 Å². The van der Waals surface area contributed by atoms with Gasteiger partial charge in [-0.3, -0.25) is 4.79 Å². The van der Waals surface area contributed by atoms with Crippen LogP contribution in [0.4, 0.5) is 5.69 Å². The molecule has 19 heavy (non-hydrogen) atoms. The number of hydrogen-bond acceptors (Lipinski definition) is 3. The minimum absolute atomic E-state index is 0.0887. The zero-order valence-electron chi connectivity index (χ0n) is 12.0. The van der Waals surface area contributed by atoms with E-state index in [1.807, 2.05) is 0 Å². The molecule has 3 N–H and O–H groups in total. The smallest absolute Gasteiger partial charge is 0.220 e. The average Bonchev–Trinajstić information content (AvgIpc) is 2.41. The fourth-order valence-electron chi connectivity index (χ4n) is 1.98. The molecule has 1 aromatic carbocycles.